The van der Waals surface area contributed by atoms with Crippen molar-refractivity contribution >= 4 is 11.9 Å². The summed E-state index contributed by atoms with van der Waals surface area (Å²) in [4.78, 5) is 30.4. The van der Waals surface area contributed by atoms with E-state index >= 15 is 0 Å². The first-order valence-corrected chi connectivity index (χ1v) is 11.3. The number of H-pyrrole nitrogens is 1. The second-order valence-corrected chi connectivity index (χ2v) is 10.1. The van der Waals surface area contributed by atoms with Crippen LogP contribution in [0.15, 0.2) is 48.5 Å². The van der Waals surface area contributed by atoms with Gasteiger partial charge in [0.25, 0.3) is 0 Å². The van der Waals surface area contributed by atoms with Gasteiger partial charge in [0.05, 0.1) is 25.6 Å². The zero-order valence-electron chi connectivity index (χ0n) is 21.6. The van der Waals surface area contributed by atoms with Gasteiger partial charge in [-0.15, -0.1) is 0 Å². The van der Waals surface area contributed by atoms with Crippen molar-refractivity contribution < 1.29 is 28.5 Å². The molecule has 0 atom stereocenters. The monoisotopic (exact) mass is 479 g/mol. The number of hydrogen-bond donors (Lipinski definition) is 1. The highest BCUT2D eigenvalue weighted by Crippen LogP contribution is 2.39. The topological polar surface area (TPSA) is 86.9 Å². The molecule has 0 spiro atoms. The van der Waals surface area contributed by atoms with Crippen molar-refractivity contribution in [2.45, 2.75) is 52.7 Å². The Hall–Kier alpha value is -3.74. The molecular weight excluding hydrogens is 446 g/mol. The molecule has 0 aliphatic carbocycles. The molecule has 0 fully saturated rings. The van der Waals surface area contributed by atoms with E-state index in [9.17, 15) is 9.59 Å². The second kappa shape index (κ2) is 9.86. The van der Waals surface area contributed by atoms with Gasteiger partial charge in [-0.3, -0.25) is 0 Å². The van der Waals surface area contributed by atoms with Crippen LogP contribution in [0.4, 0.5) is 0 Å². The van der Waals surface area contributed by atoms with E-state index in [0.717, 1.165) is 5.56 Å². The van der Waals surface area contributed by atoms with Gasteiger partial charge in [0, 0.05) is 5.56 Å². The second-order valence-electron chi connectivity index (χ2n) is 10.1. The Bertz CT molecular complexity index is 1210. The summed E-state index contributed by atoms with van der Waals surface area (Å²) in [5.41, 5.74) is 0.898. The Balaban J connectivity index is 2.36. The molecule has 35 heavy (non-hydrogen) atoms. The van der Waals surface area contributed by atoms with Gasteiger partial charge in [0.1, 0.15) is 22.3 Å². The number of aromatic nitrogens is 1. The van der Waals surface area contributed by atoms with Crippen LogP contribution in [-0.4, -0.2) is 42.3 Å². The Morgan fingerprint density at radius 2 is 1.14 bits per heavy atom. The Morgan fingerprint density at radius 3 is 1.60 bits per heavy atom. The largest absolute Gasteiger partial charge is 0.493 e. The molecule has 7 heteroatoms. The summed E-state index contributed by atoms with van der Waals surface area (Å²) in [6, 6.07) is 14.6. The predicted octanol–water partition coefficient (Wildman–Crippen LogP) is 6.28. The molecule has 0 saturated heterocycles. The van der Waals surface area contributed by atoms with Crippen LogP contribution in [0.1, 0.15) is 62.3 Å². The molecule has 186 valence electrons. The fraction of sp³-hybridized carbons (Fsp3) is 0.357. The third-order valence-electron chi connectivity index (χ3n) is 4.94. The van der Waals surface area contributed by atoms with Crippen LogP contribution in [0.3, 0.4) is 0 Å². The molecule has 0 amide bonds. The molecular formula is C28H33NO6. The van der Waals surface area contributed by atoms with Crippen molar-refractivity contribution in [2.75, 3.05) is 14.2 Å². The molecule has 1 aromatic heterocycles. The molecule has 7 nitrogen and oxygen atoms in total. The van der Waals surface area contributed by atoms with Crippen LogP contribution in [0.2, 0.25) is 0 Å². The van der Waals surface area contributed by atoms with Gasteiger partial charge in [0.2, 0.25) is 0 Å². The highest BCUT2D eigenvalue weighted by Gasteiger charge is 2.34. The highest BCUT2D eigenvalue weighted by molar-refractivity contribution is 6.12. The van der Waals surface area contributed by atoms with Crippen molar-refractivity contribution in [1.29, 1.82) is 0 Å². The van der Waals surface area contributed by atoms with Gasteiger partial charge in [-0.25, -0.2) is 9.59 Å². The lowest BCUT2D eigenvalue weighted by Crippen LogP contribution is -2.27. The summed E-state index contributed by atoms with van der Waals surface area (Å²) in [7, 11) is 3.08. The lowest BCUT2D eigenvalue weighted by atomic mass is 10.0. The number of esters is 2. The number of benzene rings is 2. The summed E-state index contributed by atoms with van der Waals surface area (Å²) >= 11 is 0. The van der Waals surface area contributed by atoms with Crippen molar-refractivity contribution in [2.24, 2.45) is 0 Å². The zero-order chi connectivity index (χ0) is 26.0. The first kappa shape index (κ1) is 25.9. The lowest BCUT2D eigenvalue weighted by molar-refractivity contribution is 0.00212. The highest BCUT2D eigenvalue weighted by atomic mass is 16.6. The summed E-state index contributed by atoms with van der Waals surface area (Å²) in [5.74, 6) is -0.242. The number of carbonyl (C=O) groups excluding carboxylic acids is 2. The molecule has 0 radical (unpaired) electrons. The average molecular weight is 480 g/mol. The van der Waals surface area contributed by atoms with Crippen LogP contribution >= 0.6 is 0 Å². The Morgan fingerprint density at radius 1 is 0.657 bits per heavy atom. The van der Waals surface area contributed by atoms with Crippen LogP contribution in [-0.2, 0) is 9.47 Å². The van der Waals surface area contributed by atoms with Crippen LogP contribution in [0.5, 0.6) is 11.5 Å². The fourth-order valence-corrected chi connectivity index (χ4v) is 3.60. The number of carbonyl (C=O) groups is 2. The molecule has 0 saturated carbocycles. The van der Waals surface area contributed by atoms with E-state index < -0.39 is 23.1 Å². The Labute approximate surface area is 206 Å². The maximum Gasteiger partial charge on any atom is 0.341 e. The standard InChI is InChI=1S/C28H33NO6/c1-27(2,3)34-25(30)21-22(26(31)35-28(4,5)6)24(29-23(21)17-12-10-9-11-13-17)18-14-15-19(32-7)20(16-18)33-8/h9-16,29H,1-8H3. The van der Waals surface area contributed by atoms with E-state index in [-0.39, 0.29) is 11.1 Å². The average Bonchev–Trinajstić information content (AvgIpc) is 3.18. The number of rotatable bonds is 6. The Kier molecular flexibility index (Phi) is 7.29. The molecule has 0 aliphatic heterocycles. The van der Waals surface area contributed by atoms with Gasteiger partial charge in [-0.1, -0.05) is 30.3 Å². The van der Waals surface area contributed by atoms with Crippen LogP contribution < -0.4 is 9.47 Å². The van der Waals surface area contributed by atoms with E-state index in [1.54, 1.807) is 66.9 Å². The maximum absolute atomic E-state index is 13.6. The van der Waals surface area contributed by atoms with Crippen molar-refractivity contribution in [3.63, 3.8) is 0 Å². The van der Waals surface area contributed by atoms with Crippen molar-refractivity contribution in [3.8, 4) is 34.0 Å². The summed E-state index contributed by atoms with van der Waals surface area (Å²) in [6.45, 7) is 10.7. The van der Waals surface area contributed by atoms with E-state index in [0.29, 0.717) is 28.5 Å². The molecule has 2 aromatic carbocycles. The summed E-state index contributed by atoms with van der Waals surface area (Å²) < 4.78 is 22.3. The molecule has 0 bridgehead atoms. The fourth-order valence-electron chi connectivity index (χ4n) is 3.60. The molecule has 3 rings (SSSR count). The van der Waals surface area contributed by atoms with E-state index in [2.05, 4.69) is 4.98 Å². The van der Waals surface area contributed by atoms with Gasteiger partial charge >= 0.3 is 11.9 Å². The first-order valence-electron chi connectivity index (χ1n) is 11.3. The zero-order valence-corrected chi connectivity index (χ0v) is 21.6. The number of ether oxygens (including phenoxy) is 4. The van der Waals surface area contributed by atoms with E-state index in [1.807, 2.05) is 30.3 Å². The van der Waals surface area contributed by atoms with Crippen molar-refractivity contribution in [3.05, 3.63) is 59.7 Å². The third kappa shape index (κ3) is 6.04. The maximum atomic E-state index is 13.6. The minimum atomic E-state index is -0.776. The van der Waals surface area contributed by atoms with Crippen LogP contribution in [0.25, 0.3) is 22.5 Å². The van der Waals surface area contributed by atoms with E-state index in [1.165, 1.54) is 7.11 Å². The molecule has 1 heterocycles. The van der Waals surface area contributed by atoms with Gasteiger partial charge in [-0.2, -0.15) is 0 Å². The predicted molar refractivity (Wildman–Crippen MR) is 135 cm³/mol. The molecule has 0 unspecified atom stereocenters. The smallest absolute Gasteiger partial charge is 0.341 e. The molecule has 1 N–H and O–H groups in total. The normalized spacial score (nSPS) is 11.7. The quantitative estimate of drug-likeness (QED) is 0.419. The number of aromatic amines is 1. The number of nitrogens with one attached hydrogen (secondary N) is 1. The third-order valence-corrected chi connectivity index (χ3v) is 4.94. The SMILES string of the molecule is COc1ccc(-c2[nH]c(-c3ccccc3)c(C(=O)OC(C)(C)C)c2C(=O)OC(C)(C)C)cc1OC. The summed E-state index contributed by atoms with van der Waals surface area (Å²) in [5, 5.41) is 0. The van der Waals surface area contributed by atoms with E-state index in [4.69, 9.17) is 18.9 Å². The van der Waals surface area contributed by atoms with Gasteiger partial charge in [-0.05, 0) is 65.3 Å². The molecule has 0 aliphatic rings. The van der Waals surface area contributed by atoms with Gasteiger partial charge in [0.15, 0.2) is 11.5 Å². The van der Waals surface area contributed by atoms with Crippen LogP contribution in [0, 0.1) is 0 Å². The minimum Gasteiger partial charge on any atom is -0.493 e. The minimum absolute atomic E-state index is 0.0975. The number of hydrogen-bond acceptors (Lipinski definition) is 6. The van der Waals surface area contributed by atoms with Gasteiger partial charge < -0.3 is 23.9 Å². The van der Waals surface area contributed by atoms with Crippen molar-refractivity contribution in [1.82, 2.24) is 4.98 Å². The lowest BCUT2D eigenvalue weighted by Gasteiger charge is -2.22. The molecule has 3 aromatic rings. The number of methoxy groups -OCH3 is 2. The first-order chi connectivity index (χ1) is 16.3. The summed E-state index contributed by atoms with van der Waals surface area (Å²) in [6.07, 6.45) is 0.